The monoisotopic (exact) mass is 287 g/mol. The fraction of sp³-hybridized carbons (Fsp3) is 0.462. The summed E-state index contributed by atoms with van der Waals surface area (Å²) < 4.78 is 27.7. The number of halogens is 2. The molecule has 0 heterocycles. The molecule has 0 spiro atoms. The van der Waals surface area contributed by atoms with E-state index in [0.29, 0.717) is 6.54 Å². The zero-order valence-electron chi connectivity index (χ0n) is 11.4. The average molecular weight is 287 g/mol. The van der Waals surface area contributed by atoms with E-state index >= 15 is 0 Å². The number of nitrogens with zero attached hydrogens (tertiary/aromatic N) is 2. The van der Waals surface area contributed by atoms with Crippen molar-refractivity contribution < 1.29 is 8.78 Å². The molecule has 0 amide bonds. The van der Waals surface area contributed by atoms with Gasteiger partial charge in [0.2, 0.25) is 0 Å². The van der Waals surface area contributed by atoms with E-state index in [-0.39, 0.29) is 16.2 Å². The van der Waals surface area contributed by atoms with Gasteiger partial charge in [0, 0.05) is 19.2 Å². The Morgan fingerprint density at radius 1 is 1.16 bits per heavy atom. The Hall–Kier alpha value is -1.27. The van der Waals surface area contributed by atoms with Crippen LogP contribution in [0.15, 0.2) is 12.1 Å². The molecule has 0 fully saturated rings. The summed E-state index contributed by atoms with van der Waals surface area (Å²) in [6, 6.07) is 2.92. The van der Waals surface area contributed by atoms with Gasteiger partial charge in [0.05, 0.1) is 5.69 Å². The molecule has 2 N–H and O–H groups in total. The summed E-state index contributed by atoms with van der Waals surface area (Å²) in [6.07, 6.45) is 0.863. The SMILES string of the molecule is CN(C)CCCN(C)c1ccc(C(N)=S)c(F)c1F. The molecule has 106 valence electrons. The molecule has 3 nitrogen and oxygen atoms in total. The van der Waals surface area contributed by atoms with Crippen LogP contribution in [0.2, 0.25) is 0 Å². The van der Waals surface area contributed by atoms with Crippen LogP contribution < -0.4 is 10.6 Å². The third-order valence-corrected chi connectivity index (χ3v) is 3.06. The van der Waals surface area contributed by atoms with Crippen molar-refractivity contribution in [2.45, 2.75) is 6.42 Å². The Balaban J connectivity index is 2.84. The number of nitrogens with two attached hydrogens (primary N) is 1. The molecule has 19 heavy (non-hydrogen) atoms. The minimum atomic E-state index is -0.982. The van der Waals surface area contributed by atoms with Crippen LogP contribution in [0.1, 0.15) is 12.0 Å². The van der Waals surface area contributed by atoms with Crippen LogP contribution in [0.5, 0.6) is 0 Å². The van der Waals surface area contributed by atoms with Crippen molar-refractivity contribution >= 4 is 22.9 Å². The smallest absolute Gasteiger partial charge is 0.182 e. The fourth-order valence-corrected chi connectivity index (χ4v) is 1.93. The summed E-state index contributed by atoms with van der Waals surface area (Å²) in [7, 11) is 5.67. The summed E-state index contributed by atoms with van der Waals surface area (Å²) in [6.45, 7) is 1.53. The Morgan fingerprint density at radius 2 is 1.79 bits per heavy atom. The zero-order chi connectivity index (χ0) is 14.6. The van der Waals surface area contributed by atoms with Crippen molar-refractivity contribution in [3.63, 3.8) is 0 Å². The molecule has 0 aliphatic carbocycles. The molecule has 0 unspecified atom stereocenters. The maximum Gasteiger partial charge on any atom is 0.182 e. The number of anilines is 1. The lowest BCUT2D eigenvalue weighted by atomic mass is 10.1. The Labute approximate surface area is 118 Å². The molecule has 0 aliphatic heterocycles. The molecule has 0 aromatic heterocycles. The second kappa shape index (κ2) is 6.77. The van der Waals surface area contributed by atoms with Crippen LogP contribution in [0.4, 0.5) is 14.5 Å². The molecule has 1 rings (SSSR count). The molecule has 1 aromatic rings. The molecular formula is C13H19F2N3S. The summed E-state index contributed by atoms with van der Waals surface area (Å²) in [5.74, 6) is -1.89. The number of hydrogen-bond acceptors (Lipinski definition) is 3. The molecule has 0 aliphatic rings. The van der Waals surface area contributed by atoms with Crippen molar-refractivity contribution in [1.82, 2.24) is 4.90 Å². The number of hydrogen-bond donors (Lipinski definition) is 1. The fourth-order valence-electron chi connectivity index (χ4n) is 1.77. The van der Waals surface area contributed by atoms with E-state index in [2.05, 4.69) is 12.2 Å². The van der Waals surface area contributed by atoms with Crippen molar-refractivity contribution in [2.24, 2.45) is 5.73 Å². The van der Waals surface area contributed by atoms with Crippen molar-refractivity contribution in [2.75, 3.05) is 39.1 Å². The molecule has 0 saturated carbocycles. The second-order valence-electron chi connectivity index (χ2n) is 4.70. The number of rotatable bonds is 6. The van der Waals surface area contributed by atoms with Crippen molar-refractivity contribution in [3.8, 4) is 0 Å². The highest BCUT2D eigenvalue weighted by Gasteiger charge is 2.17. The first-order chi connectivity index (χ1) is 8.84. The van der Waals surface area contributed by atoms with E-state index in [1.807, 2.05) is 19.0 Å². The van der Waals surface area contributed by atoms with Gasteiger partial charge in [-0.1, -0.05) is 12.2 Å². The van der Waals surface area contributed by atoms with Gasteiger partial charge >= 0.3 is 0 Å². The van der Waals surface area contributed by atoms with Gasteiger partial charge in [-0.05, 0) is 39.2 Å². The third-order valence-electron chi connectivity index (χ3n) is 2.84. The molecule has 1 aromatic carbocycles. The molecule has 0 bridgehead atoms. The zero-order valence-corrected chi connectivity index (χ0v) is 12.2. The van der Waals surface area contributed by atoms with E-state index in [1.54, 1.807) is 11.9 Å². The summed E-state index contributed by atoms with van der Waals surface area (Å²) >= 11 is 4.67. The largest absolute Gasteiger partial charge is 0.389 e. The second-order valence-corrected chi connectivity index (χ2v) is 5.14. The van der Waals surface area contributed by atoms with Crippen molar-refractivity contribution in [1.29, 1.82) is 0 Å². The third kappa shape index (κ3) is 4.11. The molecular weight excluding hydrogens is 268 g/mol. The highest BCUT2D eigenvalue weighted by atomic mass is 32.1. The molecule has 0 atom stereocenters. The minimum Gasteiger partial charge on any atom is -0.389 e. The van der Waals surface area contributed by atoms with E-state index < -0.39 is 11.6 Å². The van der Waals surface area contributed by atoms with Crippen LogP contribution in [0.25, 0.3) is 0 Å². The van der Waals surface area contributed by atoms with Gasteiger partial charge in [-0.3, -0.25) is 0 Å². The van der Waals surface area contributed by atoms with E-state index in [9.17, 15) is 8.78 Å². The lowest BCUT2D eigenvalue weighted by molar-refractivity contribution is 0.401. The predicted octanol–water partition coefficient (Wildman–Crippen LogP) is 1.99. The van der Waals surface area contributed by atoms with Crippen molar-refractivity contribution in [3.05, 3.63) is 29.3 Å². The van der Waals surface area contributed by atoms with Gasteiger partial charge in [0.15, 0.2) is 11.6 Å². The maximum absolute atomic E-state index is 13.9. The van der Waals surface area contributed by atoms with Crippen LogP contribution in [0.3, 0.4) is 0 Å². The van der Waals surface area contributed by atoms with Gasteiger partial charge in [-0.2, -0.15) is 0 Å². The average Bonchev–Trinajstić information content (AvgIpc) is 2.31. The van der Waals surface area contributed by atoms with Crippen LogP contribution >= 0.6 is 12.2 Å². The van der Waals surface area contributed by atoms with E-state index in [0.717, 1.165) is 13.0 Å². The predicted molar refractivity (Wildman–Crippen MR) is 78.7 cm³/mol. The molecule has 6 heteroatoms. The Bertz CT molecular complexity index is 463. The van der Waals surface area contributed by atoms with Gasteiger partial charge in [-0.15, -0.1) is 0 Å². The maximum atomic E-state index is 13.9. The van der Waals surface area contributed by atoms with Gasteiger partial charge in [-0.25, -0.2) is 8.78 Å². The van der Waals surface area contributed by atoms with Gasteiger partial charge < -0.3 is 15.5 Å². The summed E-state index contributed by atoms with van der Waals surface area (Å²) in [4.78, 5) is 3.59. The van der Waals surface area contributed by atoms with Gasteiger partial charge in [0.1, 0.15) is 4.99 Å². The standard InChI is InChI=1S/C13H19F2N3S/c1-17(2)7-4-8-18(3)10-6-5-9(13(16)19)11(14)12(10)15/h5-6H,4,7-8H2,1-3H3,(H2,16,19). The van der Waals surface area contributed by atoms with Gasteiger partial charge in [0.25, 0.3) is 0 Å². The lowest BCUT2D eigenvalue weighted by Gasteiger charge is -2.21. The first-order valence-electron chi connectivity index (χ1n) is 5.98. The minimum absolute atomic E-state index is 0.0575. The number of thiocarbonyl (C=S) groups is 1. The first-order valence-corrected chi connectivity index (χ1v) is 6.39. The topological polar surface area (TPSA) is 32.5 Å². The van der Waals surface area contributed by atoms with Crippen LogP contribution in [-0.2, 0) is 0 Å². The first kappa shape index (κ1) is 15.8. The Morgan fingerprint density at radius 3 is 2.32 bits per heavy atom. The highest BCUT2D eigenvalue weighted by molar-refractivity contribution is 7.80. The van der Waals surface area contributed by atoms with Crippen LogP contribution in [0, 0.1) is 11.6 Å². The molecule has 0 radical (unpaired) electrons. The summed E-state index contributed by atoms with van der Waals surface area (Å²) in [5.41, 5.74) is 5.49. The quantitative estimate of drug-likeness (QED) is 0.811. The normalized spacial score (nSPS) is 10.8. The van der Waals surface area contributed by atoms with E-state index in [1.165, 1.54) is 12.1 Å². The number of benzene rings is 1. The molecule has 0 saturated heterocycles. The van der Waals surface area contributed by atoms with E-state index in [4.69, 9.17) is 5.73 Å². The highest BCUT2D eigenvalue weighted by Crippen LogP contribution is 2.23. The van der Waals surface area contributed by atoms with Crippen LogP contribution in [-0.4, -0.2) is 44.1 Å². The Kier molecular flexibility index (Phi) is 5.62. The summed E-state index contributed by atoms with van der Waals surface area (Å²) in [5, 5.41) is 0. The lowest BCUT2D eigenvalue weighted by Crippen LogP contribution is -2.25.